The maximum atomic E-state index is 12.7. The molecule has 2 aromatic rings. The highest BCUT2D eigenvalue weighted by Gasteiger charge is 2.30. The Balaban J connectivity index is 1.53. The van der Waals surface area contributed by atoms with Crippen molar-refractivity contribution < 1.29 is 19.2 Å². The lowest BCUT2D eigenvalue weighted by molar-refractivity contribution is -0.143. The molecule has 7 nitrogen and oxygen atoms in total. The van der Waals surface area contributed by atoms with Crippen molar-refractivity contribution in [2.24, 2.45) is 5.92 Å². The van der Waals surface area contributed by atoms with Crippen molar-refractivity contribution in [2.75, 3.05) is 13.1 Å². The van der Waals surface area contributed by atoms with E-state index in [1.54, 1.807) is 23.1 Å². The SMILES string of the molecule is O=C(O)C1CCCN(C(=O)c2cccc(-c3noc(C4CC4)n3)c2)C1. The summed E-state index contributed by atoms with van der Waals surface area (Å²) in [5.74, 6) is 0.0431. The van der Waals surface area contributed by atoms with Crippen LogP contribution >= 0.6 is 0 Å². The summed E-state index contributed by atoms with van der Waals surface area (Å²) < 4.78 is 5.28. The average Bonchev–Trinajstić information content (AvgIpc) is 3.38. The van der Waals surface area contributed by atoms with Crippen LogP contribution in [0.5, 0.6) is 0 Å². The third kappa shape index (κ3) is 3.26. The molecule has 25 heavy (non-hydrogen) atoms. The molecule has 1 amide bonds. The van der Waals surface area contributed by atoms with Gasteiger partial charge in [0.25, 0.3) is 5.91 Å². The monoisotopic (exact) mass is 341 g/mol. The van der Waals surface area contributed by atoms with Crippen molar-refractivity contribution in [3.8, 4) is 11.4 Å². The second-order valence-corrected chi connectivity index (χ2v) is 6.74. The predicted molar refractivity (Wildman–Crippen MR) is 88.0 cm³/mol. The fourth-order valence-corrected chi connectivity index (χ4v) is 3.19. The molecule has 4 rings (SSSR count). The van der Waals surface area contributed by atoms with Crippen molar-refractivity contribution in [3.63, 3.8) is 0 Å². The third-order valence-corrected chi connectivity index (χ3v) is 4.79. The molecule has 1 unspecified atom stereocenters. The van der Waals surface area contributed by atoms with Crippen LogP contribution in [0.4, 0.5) is 0 Å². The van der Waals surface area contributed by atoms with Gasteiger partial charge in [-0.3, -0.25) is 9.59 Å². The molecule has 1 aromatic heterocycles. The number of carbonyl (C=O) groups excluding carboxylic acids is 1. The number of piperidine rings is 1. The summed E-state index contributed by atoms with van der Waals surface area (Å²) in [4.78, 5) is 30.0. The van der Waals surface area contributed by atoms with Gasteiger partial charge in [-0.1, -0.05) is 17.3 Å². The Morgan fingerprint density at radius 2 is 2.08 bits per heavy atom. The number of aliphatic carboxylic acids is 1. The number of aromatic nitrogens is 2. The quantitative estimate of drug-likeness (QED) is 0.918. The van der Waals surface area contributed by atoms with Crippen LogP contribution in [0.2, 0.25) is 0 Å². The summed E-state index contributed by atoms with van der Waals surface area (Å²) in [7, 11) is 0. The lowest BCUT2D eigenvalue weighted by atomic mass is 9.97. The Bertz CT molecular complexity index is 812. The van der Waals surface area contributed by atoms with E-state index in [0.29, 0.717) is 42.6 Å². The van der Waals surface area contributed by atoms with Gasteiger partial charge < -0.3 is 14.5 Å². The van der Waals surface area contributed by atoms with Crippen LogP contribution in [0, 0.1) is 5.92 Å². The van der Waals surface area contributed by atoms with E-state index >= 15 is 0 Å². The van der Waals surface area contributed by atoms with Crippen molar-refractivity contribution in [3.05, 3.63) is 35.7 Å². The molecule has 130 valence electrons. The molecule has 1 aliphatic heterocycles. The molecule has 0 spiro atoms. The zero-order chi connectivity index (χ0) is 17.4. The van der Waals surface area contributed by atoms with Gasteiger partial charge in [-0.2, -0.15) is 4.98 Å². The summed E-state index contributed by atoms with van der Waals surface area (Å²) in [6.07, 6.45) is 3.49. The summed E-state index contributed by atoms with van der Waals surface area (Å²) in [5.41, 5.74) is 1.25. The van der Waals surface area contributed by atoms with Crippen LogP contribution in [0.15, 0.2) is 28.8 Å². The Kier molecular flexibility index (Phi) is 3.99. The van der Waals surface area contributed by atoms with Crippen molar-refractivity contribution >= 4 is 11.9 Å². The van der Waals surface area contributed by atoms with E-state index in [1.807, 2.05) is 6.07 Å². The predicted octanol–water partition coefficient (Wildman–Crippen LogP) is 2.55. The minimum atomic E-state index is -0.842. The number of carbonyl (C=O) groups is 2. The number of likely N-dealkylation sites (tertiary alicyclic amines) is 1. The van der Waals surface area contributed by atoms with Gasteiger partial charge in [-0.25, -0.2) is 0 Å². The van der Waals surface area contributed by atoms with E-state index in [1.165, 1.54) is 0 Å². The van der Waals surface area contributed by atoms with Gasteiger partial charge in [0, 0.05) is 30.1 Å². The minimum absolute atomic E-state index is 0.154. The van der Waals surface area contributed by atoms with Gasteiger partial charge in [0.05, 0.1) is 5.92 Å². The summed E-state index contributed by atoms with van der Waals surface area (Å²) >= 11 is 0. The molecule has 2 fully saturated rings. The molecule has 1 aliphatic carbocycles. The van der Waals surface area contributed by atoms with Crippen molar-refractivity contribution in [1.82, 2.24) is 15.0 Å². The number of hydrogen-bond donors (Lipinski definition) is 1. The number of nitrogens with zero attached hydrogens (tertiary/aromatic N) is 3. The van der Waals surface area contributed by atoms with Crippen LogP contribution in [0.25, 0.3) is 11.4 Å². The highest BCUT2D eigenvalue weighted by Crippen LogP contribution is 2.39. The number of carboxylic acid groups (broad SMARTS) is 1. The van der Waals surface area contributed by atoms with Gasteiger partial charge in [-0.05, 0) is 37.8 Å². The highest BCUT2D eigenvalue weighted by molar-refractivity contribution is 5.95. The van der Waals surface area contributed by atoms with E-state index < -0.39 is 11.9 Å². The van der Waals surface area contributed by atoms with E-state index in [2.05, 4.69) is 10.1 Å². The third-order valence-electron chi connectivity index (χ3n) is 4.79. The molecule has 2 aliphatic rings. The fourth-order valence-electron chi connectivity index (χ4n) is 3.19. The van der Waals surface area contributed by atoms with E-state index in [-0.39, 0.29) is 12.5 Å². The van der Waals surface area contributed by atoms with Gasteiger partial charge in [0.2, 0.25) is 11.7 Å². The Hall–Kier alpha value is -2.70. The van der Waals surface area contributed by atoms with Crippen LogP contribution < -0.4 is 0 Å². The standard InChI is InChI=1S/C18H19N3O4/c22-17(21-8-2-5-14(10-21)18(23)24)13-4-1-3-12(9-13)15-19-16(25-20-15)11-6-7-11/h1,3-4,9,11,14H,2,5-8,10H2,(H,23,24). The van der Waals surface area contributed by atoms with Crippen molar-refractivity contribution in [1.29, 1.82) is 0 Å². The number of carboxylic acids is 1. The average molecular weight is 341 g/mol. The first-order chi connectivity index (χ1) is 12.1. The normalized spacial score (nSPS) is 20.5. The van der Waals surface area contributed by atoms with Gasteiger partial charge in [0.15, 0.2) is 0 Å². The first-order valence-corrected chi connectivity index (χ1v) is 8.58. The zero-order valence-corrected chi connectivity index (χ0v) is 13.7. The zero-order valence-electron chi connectivity index (χ0n) is 13.7. The molecule has 1 saturated carbocycles. The van der Waals surface area contributed by atoms with E-state index in [4.69, 9.17) is 4.52 Å². The molecule has 7 heteroatoms. The van der Waals surface area contributed by atoms with Crippen LogP contribution in [-0.2, 0) is 4.79 Å². The van der Waals surface area contributed by atoms with Gasteiger partial charge in [0.1, 0.15) is 0 Å². The molecule has 1 aromatic carbocycles. The highest BCUT2D eigenvalue weighted by atomic mass is 16.5. The smallest absolute Gasteiger partial charge is 0.308 e. The maximum Gasteiger partial charge on any atom is 0.308 e. The molecule has 1 atom stereocenters. The lowest BCUT2D eigenvalue weighted by Crippen LogP contribution is -2.42. The molecule has 0 bridgehead atoms. The summed E-state index contributed by atoms with van der Waals surface area (Å²) in [6.45, 7) is 0.841. The number of hydrogen-bond acceptors (Lipinski definition) is 5. The topological polar surface area (TPSA) is 96.5 Å². The van der Waals surface area contributed by atoms with Gasteiger partial charge in [-0.15, -0.1) is 0 Å². The van der Waals surface area contributed by atoms with Crippen LogP contribution in [0.3, 0.4) is 0 Å². The Morgan fingerprint density at radius 3 is 2.84 bits per heavy atom. The fraction of sp³-hybridized carbons (Fsp3) is 0.444. The lowest BCUT2D eigenvalue weighted by Gasteiger charge is -2.30. The van der Waals surface area contributed by atoms with E-state index in [0.717, 1.165) is 18.4 Å². The number of rotatable bonds is 4. The summed E-state index contributed by atoms with van der Waals surface area (Å²) in [5, 5.41) is 13.2. The molecular formula is C18H19N3O4. The van der Waals surface area contributed by atoms with Crippen LogP contribution in [0.1, 0.15) is 47.8 Å². The van der Waals surface area contributed by atoms with Crippen molar-refractivity contribution in [2.45, 2.75) is 31.6 Å². The Morgan fingerprint density at radius 1 is 1.24 bits per heavy atom. The summed E-state index contributed by atoms with van der Waals surface area (Å²) in [6, 6.07) is 7.11. The van der Waals surface area contributed by atoms with E-state index in [9.17, 15) is 14.7 Å². The second-order valence-electron chi connectivity index (χ2n) is 6.74. The molecule has 2 heterocycles. The molecule has 1 N–H and O–H groups in total. The first-order valence-electron chi connectivity index (χ1n) is 8.58. The number of amides is 1. The molecule has 0 radical (unpaired) electrons. The maximum absolute atomic E-state index is 12.7. The first kappa shape index (κ1) is 15.8. The van der Waals surface area contributed by atoms with Crippen LogP contribution in [-0.4, -0.2) is 45.1 Å². The minimum Gasteiger partial charge on any atom is -0.481 e. The second kappa shape index (κ2) is 6.31. The largest absolute Gasteiger partial charge is 0.481 e. The number of benzene rings is 1. The Labute approximate surface area is 144 Å². The van der Waals surface area contributed by atoms with Gasteiger partial charge >= 0.3 is 5.97 Å². The molecule has 1 saturated heterocycles. The molecular weight excluding hydrogens is 322 g/mol.